The Bertz CT molecular complexity index is 3990. The number of hydrogen-bond donors (Lipinski definition) is 0. The number of allylic oxidation sites excluding steroid dienone is 14. The third-order valence-corrected chi connectivity index (χ3v) is 16.2. The average Bonchev–Trinajstić information content (AvgIpc) is 3.73. The quantitative estimate of drug-likeness (QED) is 0.0748. The largest absolute Gasteiger partial charge is 0.339 e. The highest BCUT2D eigenvalue weighted by atomic mass is 15.2. The molecule has 85 heavy (non-hydrogen) atoms. The van der Waals surface area contributed by atoms with Crippen molar-refractivity contribution in [1.29, 1.82) is 0 Å². The summed E-state index contributed by atoms with van der Waals surface area (Å²) in [6.07, 6.45) is 32.8. The molecule has 9 aromatic carbocycles. The average molecular weight is 1100 g/mol. The van der Waals surface area contributed by atoms with E-state index in [1.54, 1.807) is 0 Å². The maximum absolute atomic E-state index is 4.07. The van der Waals surface area contributed by atoms with E-state index in [-0.39, 0.29) is 0 Å². The molecule has 4 nitrogen and oxygen atoms in total. The molecule has 0 saturated carbocycles. The fourth-order valence-electron chi connectivity index (χ4n) is 11.9. The van der Waals surface area contributed by atoms with Crippen molar-refractivity contribution in [3.05, 3.63) is 333 Å². The minimum absolute atomic E-state index is 0.343. The van der Waals surface area contributed by atoms with E-state index in [1.807, 2.05) is 18.2 Å². The normalized spacial score (nSPS) is 13.8. The first-order valence-electron chi connectivity index (χ1n) is 30.0. The molecule has 416 valence electrons. The van der Waals surface area contributed by atoms with E-state index in [4.69, 9.17) is 0 Å². The van der Waals surface area contributed by atoms with Crippen molar-refractivity contribution in [2.24, 2.45) is 0 Å². The summed E-state index contributed by atoms with van der Waals surface area (Å²) in [5, 5.41) is 0. The topological polar surface area (TPSA) is 13.0 Å². The molecule has 0 spiro atoms. The minimum Gasteiger partial charge on any atom is -0.339 e. The van der Waals surface area contributed by atoms with Crippen molar-refractivity contribution in [3.63, 3.8) is 0 Å². The van der Waals surface area contributed by atoms with Crippen LogP contribution in [-0.4, -0.2) is 6.04 Å². The van der Waals surface area contributed by atoms with Gasteiger partial charge in [-0.25, -0.2) is 0 Å². The van der Waals surface area contributed by atoms with Crippen LogP contribution in [0, 0.1) is 0 Å². The highest BCUT2D eigenvalue weighted by molar-refractivity contribution is 5.85. The Labute approximate surface area is 504 Å². The molecule has 0 radical (unpaired) electrons. The summed E-state index contributed by atoms with van der Waals surface area (Å²) in [5.41, 5.74) is 24.0. The van der Waals surface area contributed by atoms with Gasteiger partial charge in [0.2, 0.25) is 0 Å². The number of rotatable bonds is 19. The number of anilines is 9. The first kappa shape index (κ1) is 55.4. The summed E-state index contributed by atoms with van der Waals surface area (Å²) in [6.45, 7) is 12.5. The van der Waals surface area contributed by atoms with Gasteiger partial charge in [0.1, 0.15) is 0 Å². The molecule has 3 aliphatic rings. The molecule has 0 fully saturated rings. The van der Waals surface area contributed by atoms with Crippen molar-refractivity contribution in [2.45, 2.75) is 58.4 Å². The summed E-state index contributed by atoms with van der Waals surface area (Å²) in [6, 6.07) is 82.6. The summed E-state index contributed by atoms with van der Waals surface area (Å²) in [7, 11) is 0. The molecule has 4 heteroatoms. The Balaban J connectivity index is 0.823. The Kier molecular flexibility index (Phi) is 16.9. The SMILES string of the molecule is C=C/C=C(\C=C)c1ccc(N(c2ccc(-c3ccc(N(c4ccc(C5=CCCC=C5)cc4)c4ccc(-c5ccc(N(C6=CCCC=C6)c6ccccc6)cc5)cc4)cc3)cc2)c2ccc(-c3ccc(N(C4=CCCC=C4)C(C)C)cc3)cc2)cc1. The third-order valence-electron chi connectivity index (χ3n) is 16.2. The highest BCUT2D eigenvalue weighted by Gasteiger charge is 2.20. The second-order valence-electron chi connectivity index (χ2n) is 22.1. The van der Waals surface area contributed by atoms with Gasteiger partial charge in [-0.05, 0) is 229 Å². The highest BCUT2D eigenvalue weighted by Crippen LogP contribution is 2.42. The van der Waals surface area contributed by atoms with Crippen LogP contribution in [0.3, 0.4) is 0 Å². The van der Waals surface area contributed by atoms with Crippen LogP contribution in [0.1, 0.15) is 63.5 Å². The van der Waals surface area contributed by atoms with E-state index < -0.39 is 0 Å². The van der Waals surface area contributed by atoms with Gasteiger partial charge in [0.25, 0.3) is 0 Å². The zero-order valence-electron chi connectivity index (χ0n) is 48.8. The van der Waals surface area contributed by atoms with Crippen LogP contribution in [-0.2, 0) is 0 Å². The van der Waals surface area contributed by atoms with Crippen molar-refractivity contribution < 1.29 is 0 Å². The first-order valence-corrected chi connectivity index (χ1v) is 30.0. The Hall–Kier alpha value is -10.2. The lowest BCUT2D eigenvalue weighted by atomic mass is 9.99. The summed E-state index contributed by atoms with van der Waals surface area (Å²) in [5.74, 6) is 0. The number of para-hydroxylation sites is 1. The van der Waals surface area contributed by atoms with Crippen LogP contribution in [0.5, 0.6) is 0 Å². The van der Waals surface area contributed by atoms with Gasteiger partial charge in [-0.2, -0.15) is 0 Å². The van der Waals surface area contributed by atoms with Gasteiger partial charge in [0.15, 0.2) is 0 Å². The Morgan fingerprint density at radius 3 is 1.04 bits per heavy atom. The lowest BCUT2D eigenvalue weighted by Crippen LogP contribution is -2.29. The molecule has 0 unspecified atom stereocenters. The Morgan fingerprint density at radius 1 is 0.341 bits per heavy atom. The lowest BCUT2D eigenvalue weighted by molar-refractivity contribution is 0.756. The van der Waals surface area contributed by atoms with Gasteiger partial charge >= 0.3 is 0 Å². The summed E-state index contributed by atoms with van der Waals surface area (Å²) >= 11 is 0. The molecular weight excluding hydrogens is 1030 g/mol. The molecule has 0 amide bonds. The van der Waals surface area contributed by atoms with Gasteiger partial charge in [-0.15, -0.1) is 0 Å². The zero-order chi connectivity index (χ0) is 57.9. The fourth-order valence-corrected chi connectivity index (χ4v) is 11.9. The standard InChI is InChI=1S/C81H72N4/c1-5-19-61(6-2)63-28-46-76(47-29-63)84(78-52-36-66(37-53-78)65-30-44-74(45-31-65)82(60(3)4)71-22-13-8-14-23-71)79-54-38-69(39-55-79)70-42-58-81(59-43-70)85(77-48-32-64(33-49-77)62-20-11-7-12-21-62)80-56-40-68(41-57-80)67-34-50-75(51-35-67)83(72-24-15-9-16-25-72)73-26-17-10-18-27-73/h5-6,9,11,13,15-17,19-60H,1-2,7-8,10,12,14,18H2,3-4H3/b61-19+. The number of benzene rings is 9. The van der Waals surface area contributed by atoms with Crippen LogP contribution in [0.25, 0.3) is 44.5 Å². The van der Waals surface area contributed by atoms with E-state index in [1.165, 1.54) is 50.5 Å². The lowest BCUT2D eigenvalue weighted by Gasteiger charge is -2.31. The molecule has 9 aromatic rings. The maximum atomic E-state index is 4.07. The van der Waals surface area contributed by atoms with Gasteiger partial charge in [-0.1, -0.05) is 189 Å². The van der Waals surface area contributed by atoms with Crippen LogP contribution in [0.4, 0.5) is 51.2 Å². The van der Waals surface area contributed by atoms with Gasteiger partial charge < -0.3 is 19.6 Å². The molecule has 0 heterocycles. The second kappa shape index (κ2) is 26.0. The van der Waals surface area contributed by atoms with Crippen molar-refractivity contribution in [1.82, 2.24) is 0 Å². The number of hydrogen-bond acceptors (Lipinski definition) is 4. The molecule has 0 atom stereocenters. The molecule has 0 saturated heterocycles. The van der Waals surface area contributed by atoms with Crippen molar-refractivity contribution in [3.8, 4) is 33.4 Å². The summed E-state index contributed by atoms with van der Waals surface area (Å²) in [4.78, 5) is 9.47. The first-order chi connectivity index (χ1) is 41.9. The van der Waals surface area contributed by atoms with E-state index in [0.29, 0.717) is 6.04 Å². The Morgan fingerprint density at radius 2 is 0.682 bits per heavy atom. The number of nitrogens with zero attached hydrogens (tertiary/aromatic N) is 4. The fraction of sp³-hybridized carbons (Fsp3) is 0.111. The predicted octanol–water partition coefficient (Wildman–Crippen LogP) is 22.9. The third kappa shape index (κ3) is 12.5. The molecule has 0 aromatic heterocycles. The predicted molar refractivity (Wildman–Crippen MR) is 366 cm³/mol. The van der Waals surface area contributed by atoms with Crippen LogP contribution < -0.4 is 19.6 Å². The van der Waals surface area contributed by atoms with Crippen LogP contribution >= 0.6 is 0 Å². The second-order valence-corrected chi connectivity index (χ2v) is 22.1. The molecule has 12 rings (SSSR count). The van der Waals surface area contributed by atoms with Crippen molar-refractivity contribution >= 4 is 62.3 Å². The van der Waals surface area contributed by atoms with E-state index in [0.717, 1.165) is 106 Å². The maximum Gasteiger partial charge on any atom is 0.0462 e. The monoisotopic (exact) mass is 1100 g/mol. The van der Waals surface area contributed by atoms with E-state index in [2.05, 4.69) is 326 Å². The van der Waals surface area contributed by atoms with Crippen LogP contribution in [0.2, 0.25) is 0 Å². The minimum atomic E-state index is 0.343. The molecule has 3 aliphatic carbocycles. The molecule has 0 aliphatic heterocycles. The zero-order valence-corrected chi connectivity index (χ0v) is 48.8. The van der Waals surface area contributed by atoms with E-state index >= 15 is 0 Å². The van der Waals surface area contributed by atoms with E-state index in [9.17, 15) is 0 Å². The molecule has 0 N–H and O–H groups in total. The van der Waals surface area contributed by atoms with Gasteiger partial charge in [-0.3, -0.25) is 0 Å². The van der Waals surface area contributed by atoms with Gasteiger partial charge in [0, 0.05) is 68.6 Å². The van der Waals surface area contributed by atoms with Gasteiger partial charge in [0.05, 0.1) is 0 Å². The summed E-state index contributed by atoms with van der Waals surface area (Å²) < 4.78 is 0. The van der Waals surface area contributed by atoms with Crippen molar-refractivity contribution in [2.75, 3.05) is 19.6 Å². The molecule has 0 bridgehead atoms. The van der Waals surface area contributed by atoms with Crippen LogP contribution in [0.15, 0.2) is 322 Å². The smallest absolute Gasteiger partial charge is 0.0462 e. The molecular formula is C81H72N4.